The Morgan fingerprint density at radius 3 is 2.04 bits per heavy atom. The van der Waals surface area contributed by atoms with Crippen LogP contribution in [0.3, 0.4) is 0 Å². The normalized spacial score (nSPS) is 26.3. The molecule has 4 heteroatoms. The zero-order chi connectivity index (χ0) is 17.3. The fraction of sp³-hybridized carbons (Fsp3) is 0.950. The van der Waals surface area contributed by atoms with E-state index in [9.17, 15) is 4.79 Å². The highest BCUT2D eigenvalue weighted by Crippen LogP contribution is 2.54. The summed E-state index contributed by atoms with van der Waals surface area (Å²) in [7, 11) is 0. The van der Waals surface area contributed by atoms with E-state index in [-0.39, 0.29) is 0 Å². The molecule has 138 valence electrons. The number of piperazine rings is 1. The zero-order valence-electron chi connectivity index (χ0n) is 16.3. The van der Waals surface area contributed by atoms with Crippen molar-refractivity contribution in [3.8, 4) is 0 Å². The Morgan fingerprint density at radius 1 is 0.958 bits per heavy atom. The van der Waals surface area contributed by atoms with Crippen molar-refractivity contribution in [1.29, 1.82) is 0 Å². The maximum atomic E-state index is 12.6. The van der Waals surface area contributed by atoms with Gasteiger partial charge in [-0.25, -0.2) is 0 Å². The first-order valence-corrected chi connectivity index (χ1v) is 10.1. The number of likely N-dealkylation sites (tertiary alicyclic amines) is 1. The second kappa shape index (κ2) is 7.33. The van der Waals surface area contributed by atoms with Crippen LogP contribution in [0.15, 0.2) is 0 Å². The van der Waals surface area contributed by atoms with Crippen molar-refractivity contribution >= 4 is 5.91 Å². The monoisotopic (exact) mass is 335 g/mol. The lowest BCUT2D eigenvalue weighted by Gasteiger charge is -2.53. The molecular formula is C20H37N3O. The van der Waals surface area contributed by atoms with Crippen LogP contribution >= 0.6 is 0 Å². The molecule has 24 heavy (non-hydrogen) atoms. The number of hydrogen-bond donors (Lipinski definition) is 0. The third-order valence-corrected chi connectivity index (χ3v) is 7.01. The van der Waals surface area contributed by atoms with Gasteiger partial charge in [-0.1, -0.05) is 13.8 Å². The first-order chi connectivity index (χ1) is 11.4. The van der Waals surface area contributed by atoms with Crippen LogP contribution in [-0.2, 0) is 4.79 Å². The second-order valence-electron chi connectivity index (χ2n) is 9.20. The van der Waals surface area contributed by atoms with Crippen LogP contribution < -0.4 is 0 Å². The van der Waals surface area contributed by atoms with Crippen LogP contribution in [0.5, 0.6) is 0 Å². The summed E-state index contributed by atoms with van der Waals surface area (Å²) in [5.41, 5.74) is 0.636. The summed E-state index contributed by atoms with van der Waals surface area (Å²) < 4.78 is 0. The van der Waals surface area contributed by atoms with E-state index in [1.54, 1.807) is 0 Å². The maximum Gasteiger partial charge on any atom is 0.236 e. The van der Waals surface area contributed by atoms with Crippen molar-refractivity contribution < 1.29 is 4.79 Å². The average Bonchev–Trinajstić information content (AvgIpc) is 2.53. The molecule has 0 radical (unpaired) electrons. The fourth-order valence-corrected chi connectivity index (χ4v) is 4.90. The van der Waals surface area contributed by atoms with E-state index in [1.807, 2.05) is 0 Å². The van der Waals surface area contributed by atoms with Gasteiger partial charge in [-0.2, -0.15) is 0 Å². The summed E-state index contributed by atoms with van der Waals surface area (Å²) in [5.74, 6) is 2.15. The van der Waals surface area contributed by atoms with Gasteiger partial charge in [0.15, 0.2) is 0 Å². The van der Waals surface area contributed by atoms with Crippen molar-refractivity contribution in [3.63, 3.8) is 0 Å². The minimum absolute atomic E-state index is 0.350. The van der Waals surface area contributed by atoms with E-state index in [4.69, 9.17) is 0 Å². The molecule has 4 nitrogen and oxygen atoms in total. The third-order valence-electron chi connectivity index (χ3n) is 7.01. The number of amides is 1. The van der Waals surface area contributed by atoms with Crippen molar-refractivity contribution in [3.05, 3.63) is 0 Å². The molecule has 1 saturated carbocycles. The molecule has 2 heterocycles. The van der Waals surface area contributed by atoms with Gasteiger partial charge in [0, 0.05) is 32.2 Å². The van der Waals surface area contributed by atoms with E-state index in [2.05, 4.69) is 42.4 Å². The predicted octanol–water partition coefficient (Wildman–Crippen LogP) is 2.69. The third kappa shape index (κ3) is 3.96. The molecule has 0 aromatic heterocycles. The van der Waals surface area contributed by atoms with Gasteiger partial charge >= 0.3 is 0 Å². The summed E-state index contributed by atoms with van der Waals surface area (Å²) in [6.07, 6.45) is 5.49. The quantitative estimate of drug-likeness (QED) is 0.790. The van der Waals surface area contributed by atoms with E-state index >= 15 is 0 Å². The lowest BCUT2D eigenvalue weighted by atomic mass is 9.55. The highest BCUT2D eigenvalue weighted by molar-refractivity contribution is 5.78. The number of piperidine rings is 1. The lowest BCUT2D eigenvalue weighted by Crippen LogP contribution is -2.54. The van der Waals surface area contributed by atoms with Gasteiger partial charge in [0.05, 0.1) is 6.54 Å². The molecule has 2 saturated heterocycles. The molecule has 1 amide bonds. The molecule has 3 rings (SSSR count). The van der Waals surface area contributed by atoms with E-state index in [1.165, 1.54) is 25.7 Å². The van der Waals surface area contributed by atoms with E-state index in [0.29, 0.717) is 23.9 Å². The Hall–Kier alpha value is -0.610. The molecule has 3 aliphatic rings. The van der Waals surface area contributed by atoms with Crippen LogP contribution in [-0.4, -0.2) is 72.5 Å². The summed E-state index contributed by atoms with van der Waals surface area (Å²) in [6, 6.07) is 0.595. The van der Waals surface area contributed by atoms with Crippen LogP contribution in [0.25, 0.3) is 0 Å². The van der Waals surface area contributed by atoms with Crippen molar-refractivity contribution in [2.75, 3.05) is 45.8 Å². The van der Waals surface area contributed by atoms with Gasteiger partial charge in [-0.3, -0.25) is 14.6 Å². The van der Waals surface area contributed by atoms with Crippen LogP contribution in [0.2, 0.25) is 0 Å². The van der Waals surface area contributed by atoms with Crippen molar-refractivity contribution in [2.24, 2.45) is 17.3 Å². The first kappa shape index (κ1) is 18.2. The number of hydrogen-bond acceptors (Lipinski definition) is 3. The van der Waals surface area contributed by atoms with Gasteiger partial charge in [0.1, 0.15) is 0 Å². The summed E-state index contributed by atoms with van der Waals surface area (Å²) in [4.78, 5) is 19.6. The van der Waals surface area contributed by atoms with Crippen LogP contribution in [0.1, 0.15) is 53.4 Å². The standard InChI is InChI=1S/C20H37N3O/c1-16(2)18-13-20(14-18)5-7-21(8-6-20)15-19(24)23-11-9-22(10-12-23)17(3)4/h16-18H,5-15H2,1-4H3. The highest BCUT2D eigenvalue weighted by Gasteiger charge is 2.46. The van der Waals surface area contributed by atoms with Crippen molar-refractivity contribution in [2.45, 2.75) is 59.4 Å². The minimum atomic E-state index is 0.350. The number of nitrogens with zero attached hydrogens (tertiary/aromatic N) is 3. The Labute approximate surface area is 148 Å². The molecule has 0 bridgehead atoms. The van der Waals surface area contributed by atoms with Gasteiger partial charge in [0.25, 0.3) is 0 Å². The molecule has 0 aromatic rings. The van der Waals surface area contributed by atoms with Crippen LogP contribution in [0, 0.1) is 17.3 Å². The molecule has 1 spiro atoms. The molecule has 2 aliphatic heterocycles. The van der Waals surface area contributed by atoms with Gasteiger partial charge in [-0.15, -0.1) is 0 Å². The number of rotatable bonds is 4. The topological polar surface area (TPSA) is 26.8 Å². The second-order valence-corrected chi connectivity index (χ2v) is 9.20. The summed E-state index contributed by atoms with van der Waals surface area (Å²) >= 11 is 0. The van der Waals surface area contributed by atoms with Gasteiger partial charge < -0.3 is 4.90 Å². The highest BCUT2D eigenvalue weighted by atomic mass is 16.2. The molecule has 0 unspecified atom stereocenters. The van der Waals surface area contributed by atoms with Gasteiger partial charge in [-0.05, 0) is 69.9 Å². The molecular weight excluding hydrogens is 298 g/mol. The smallest absolute Gasteiger partial charge is 0.236 e. The Kier molecular flexibility index (Phi) is 5.55. The van der Waals surface area contributed by atoms with Crippen molar-refractivity contribution in [1.82, 2.24) is 14.7 Å². The largest absolute Gasteiger partial charge is 0.339 e. The Balaban J connectivity index is 1.38. The number of carbonyl (C=O) groups excluding carboxylic acids is 1. The molecule has 0 aromatic carbocycles. The zero-order valence-corrected chi connectivity index (χ0v) is 16.3. The number of carbonyl (C=O) groups is 1. The molecule has 1 aliphatic carbocycles. The fourth-order valence-electron chi connectivity index (χ4n) is 4.90. The average molecular weight is 336 g/mol. The maximum absolute atomic E-state index is 12.6. The molecule has 0 atom stereocenters. The Bertz CT molecular complexity index is 424. The lowest BCUT2D eigenvalue weighted by molar-refractivity contribution is -0.135. The van der Waals surface area contributed by atoms with Crippen LogP contribution in [0.4, 0.5) is 0 Å². The minimum Gasteiger partial charge on any atom is -0.339 e. The molecule has 3 fully saturated rings. The Morgan fingerprint density at radius 2 is 1.54 bits per heavy atom. The SMILES string of the molecule is CC(C)C1CC2(CCN(CC(=O)N3CCN(C(C)C)CC3)CC2)C1. The summed E-state index contributed by atoms with van der Waals surface area (Å²) in [6.45, 7) is 16.0. The van der Waals surface area contributed by atoms with E-state index in [0.717, 1.165) is 51.1 Å². The summed E-state index contributed by atoms with van der Waals surface area (Å²) in [5, 5.41) is 0. The molecule has 0 N–H and O–H groups in total. The predicted molar refractivity (Wildman–Crippen MR) is 99.0 cm³/mol. The van der Waals surface area contributed by atoms with Gasteiger partial charge in [0.2, 0.25) is 5.91 Å². The van der Waals surface area contributed by atoms with E-state index < -0.39 is 0 Å². The first-order valence-electron chi connectivity index (χ1n) is 10.1.